The first-order chi connectivity index (χ1) is 9.81. The molecular formula is C16H19NO3. The highest BCUT2D eigenvalue weighted by atomic mass is 16.5. The molecule has 1 N–H and O–H groups in total. The fourth-order valence-corrected chi connectivity index (χ4v) is 2.30. The standard InChI is InChI=1S/C16H19NO3/c1-18-15-7-12(9-17-13-3-4-13)14(8-16(15)19-2)11-5-6-20-10-11/h5-8,10,13,17H,3-4,9H2,1-2H3. The monoisotopic (exact) mass is 273 g/mol. The van der Waals surface area contributed by atoms with E-state index in [4.69, 9.17) is 13.9 Å². The maximum Gasteiger partial charge on any atom is 0.161 e. The van der Waals surface area contributed by atoms with Crippen LogP contribution in [0.1, 0.15) is 18.4 Å². The number of nitrogens with one attached hydrogen (secondary N) is 1. The number of benzene rings is 1. The first kappa shape index (κ1) is 13.1. The highest BCUT2D eigenvalue weighted by Gasteiger charge is 2.21. The topological polar surface area (TPSA) is 43.6 Å². The van der Waals surface area contributed by atoms with Crippen molar-refractivity contribution in [1.29, 1.82) is 0 Å². The van der Waals surface area contributed by atoms with Crippen LogP contribution in [0.2, 0.25) is 0 Å². The third-order valence-electron chi connectivity index (χ3n) is 3.60. The van der Waals surface area contributed by atoms with Crippen molar-refractivity contribution in [2.75, 3.05) is 14.2 Å². The Morgan fingerprint density at radius 3 is 2.55 bits per heavy atom. The Labute approximate surface area is 118 Å². The maximum atomic E-state index is 5.40. The summed E-state index contributed by atoms with van der Waals surface area (Å²) in [6.45, 7) is 0.825. The molecule has 1 fully saturated rings. The number of methoxy groups -OCH3 is 2. The third kappa shape index (κ3) is 2.65. The zero-order valence-corrected chi connectivity index (χ0v) is 11.8. The van der Waals surface area contributed by atoms with Crippen LogP contribution >= 0.6 is 0 Å². The summed E-state index contributed by atoms with van der Waals surface area (Å²) in [6.07, 6.45) is 5.98. The zero-order valence-electron chi connectivity index (χ0n) is 11.8. The third-order valence-corrected chi connectivity index (χ3v) is 3.60. The lowest BCUT2D eigenvalue weighted by Crippen LogP contribution is -2.16. The second-order valence-electron chi connectivity index (χ2n) is 5.03. The normalized spacial score (nSPS) is 14.3. The largest absolute Gasteiger partial charge is 0.493 e. The maximum absolute atomic E-state index is 5.40. The smallest absolute Gasteiger partial charge is 0.161 e. The molecule has 1 aromatic heterocycles. The molecule has 0 spiro atoms. The van der Waals surface area contributed by atoms with Crippen LogP contribution in [0.15, 0.2) is 35.1 Å². The molecule has 1 aromatic carbocycles. The molecule has 2 aromatic rings. The van der Waals surface area contributed by atoms with Gasteiger partial charge < -0.3 is 19.2 Å². The molecule has 106 valence electrons. The Bertz CT molecular complexity index is 574. The Hall–Kier alpha value is -1.94. The summed E-state index contributed by atoms with van der Waals surface area (Å²) in [7, 11) is 3.31. The lowest BCUT2D eigenvalue weighted by Gasteiger charge is -2.14. The summed E-state index contributed by atoms with van der Waals surface area (Å²) in [4.78, 5) is 0. The Kier molecular flexibility index (Phi) is 3.65. The second-order valence-corrected chi connectivity index (χ2v) is 5.03. The molecule has 4 nitrogen and oxygen atoms in total. The average Bonchev–Trinajstić information content (AvgIpc) is 3.16. The molecule has 1 aliphatic carbocycles. The highest BCUT2D eigenvalue weighted by Crippen LogP contribution is 2.36. The fourth-order valence-electron chi connectivity index (χ4n) is 2.30. The van der Waals surface area contributed by atoms with E-state index in [0.29, 0.717) is 6.04 Å². The van der Waals surface area contributed by atoms with Gasteiger partial charge in [0.1, 0.15) is 0 Å². The molecule has 1 saturated carbocycles. The number of furan rings is 1. The van der Waals surface area contributed by atoms with E-state index in [1.54, 1.807) is 26.7 Å². The molecule has 0 radical (unpaired) electrons. The molecule has 0 aliphatic heterocycles. The van der Waals surface area contributed by atoms with Crippen LogP contribution in [-0.2, 0) is 6.54 Å². The van der Waals surface area contributed by atoms with E-state index in [0.717, 1.165) is 29.2 Å². The lowest BCUT2D eigenvalue weighted by molar-refractivity contribution is 0.354. The van der Waals surface area contributed by atoms with Gasteiger partial charge in [0.25, 0.3) is 0 Å². The summed E-state index contributed by atoms with van der Waals surface area (Å²) in [5.74, 6) is 1.49. The van der Waals surface area contributed by atoms with Crippen LogP contribution in [0.5, 0.6) is 11.5 Å². The summed E-state index contributed by atoms with van der Waals surface area (Å²) >= 11 is 0. The number of ether oxygens (including phenoxy) is 2. The van der Waals surface area contributed by atoms with Crippen molar-refractivity contribution >= 4 is 0 Å². The van der Waals surface area contributed by atoms with Gasteiger partial charge in [0.05, 0.1) is 26.7 Å². The molecule has 20 heavy (non-hydrogen) atoms. The van der Waals surface area contributed by atoms with Crippen molar-refractivity contribution in [2.24, 2.45) is 0 Å². The van der Waals surface area contributed by atoms with E-state index < -0.39 is 0 Å². The SMILES string of the molecule is COc1cc(CNC2CC2)c(-c2ccoc2)cc1OC. The average molecular weight is 273 g/mol. The van der Waals surface area contributed by atoms with Crippen LogP contribution in [0.4, 0.5) is 0 Å². The number of hydrogen-bond acceptors (Lipinski definition) is 4. The highest BCUT2D eigenvalue weighted by molar-refractivity contribution is 5.70. The first-order valence-electron chi connectivity index (χ1n) is 6.82. The van der Waals surface area contributed by atoms with E-state index in [9.17, 15) is 0 Å². The van der Waals surface area contributed by atoms with E-state index in [-0.39, 0.29) is 0 Å². The minimum absolute atomic E-state index is 0.667. The van der Waals surface area contributed by atoms with Crippen molar-refractivity contribution in [3.63, 3.8) is 0 Å². The van der Waals surface area contributed by atoms with Crippen molar-refractivity contribution in [3.8, 4) is 22.6 Å². The molecule has 0 atom stereocenters. The summed E-state index contributed by atoms with van der Waals surface area (Å²) < 4.78 is 16.0. The summed E-state index contributed by atoms with van der Waals surface area (Å²) in [5, 5.41) is 3.54. The van der Waals surface area contributed by atoms with Gasteiger partial charge in [-0.1, -0.05) is 0 Å². The van der Waals surface area contributed by atoms with Crippen molar-refractivity contribution < 1.29 is 13.9 Å². The molecule has 3 rings (SSSR count). The molecule has 1 heterocycles. The van der Waals surface area contributed by atoms with Crippen LogP contribution in [0.25, 0.3) is 11.1 Å². The van der Waals surface area contributed by atoms with Gasteiger partial charge in [-0.3, -0.25) is 0 Å². The molecule has 0 amide bonds. The van der Waals surface area contributed by atoms with E-state index in [2.05, 4.69) is 5.32 Å². The van der Waals surface area contributed by atoms with Gasteiger partial charge >= 0.3 is 0 Å². The quantitative estimate of drug-likeness (QED) is 0.877. The van der Waals surface area contributed by atoms with Crippen molar-refractivity contribution in [2.45, 2.75) is 25.4 Å². The molecule has 0 unspecified atom stereocenters. The summed E-state index contributed by atoms with van der Waals surface area (Å²) in [6, 6.07) is 6.67. The molecule has 0 saturated heterocycles. The summed E-state index contributed by atoms with van der Waals surface area (Å²) in [5.41, 5.74) is 3.36. The first-order valence-corrected chi connectivity index (χ1v) is 6.82. The van der Waals surface area contributed by atoms with E-state index in [1.165, 1.54) is 18.4 Å². The van der Waals surface area contributed by atoms with E-state index >= 15 is 0 Å². The van der Waals surface area contributed by atoms with Gasteiger partial charge in [0, 0.05) is 18.2 Å². The molecule has 4 heteroatoms. The Balaban J connectivity index is 1.98. The van der Waals surface area contributed by atoms with Crippen molar-refractivity contribution in [3.05, 3.63) is 36.3 Å². The van der Waals surface area contributed by atoms with Gasteiger partial charge in [0.15, 0.2) is 11.5 Å². The molecular weight excluding hydrogens is 254 g/mol. The second kappa shape index (κ2) is 5.59. The van der Waals surface area contributed by atoms with Gasteiger partial charge in [-0.05, 0) is 42.2 Å². The number of rotatable bonds is 6. The fraction of sp³-hybridized carbons (Fsp3) is 0.375. The van der Waals surface area contributed by atoms with Gasteiger partial charge in [-0.25, -0.2) is 0 Å². The Morgan fingerprint density at radius 2 is 1.95 bits per heavy atom. The minimum Gasteiger partial charge on any atom is -0.493 e. The van der Waals surface area contributed by atoms with Gasteiger partial charge in [0.2, 0.25) is 0 Å². The van der Waals surface area contributed by atoms with Crippen LogP contribution in [0.3, 0.4) is 0 Å². The van der Waals surface area contributed by atoms with Crippen molar-refractivity contribution in [1.82, 2.24) is 5.32 Å². The predicted octanol–water partition coefficient (Wildman–Crippen LogP) is 3.22. The van der Waals surface area contributed by atoms with Gasteiger partial charge in [-0.15, -0.1) is 0 Å². The Morgan fingerprint density at radius 1 is 1.20 bits per heavy atom. The minimum atomic E-state index is 0.667. The molecule has 0 bridgehead atoms. The van der Waals surface area contributed by atoms with E-state index in [1.807, 2.05) is 18.2 Å². The van der Waals surface area contributed by atoms with Crippen LogP contribution < -0.4 is 14.8 Å². The zero-order chi connectivity index (χ0) is 13.9. The van der Waals surface area contributed by atoms with Crippen LogP contribution in [0, 0.1) is 0 Å². The lowest BCUT2D eigenvalue weighted by atomic mass is 10.0. The van der Waals surface area contributed by atoms with Gasteiger partial charge in [-0.2, -0.15) is 0 Å². The van der Waals surface area contributed by atoms with Crippen LogP contribution in [-0.4, -0.2) is 20.3 Å². The predicted molar refractivity (Wildman–Crippen MR) is 77.1 cm³/mol. The number of hydrogen-bond donors (Lipinski definition) is 1. The molecule has 1 aliphatic rings.